The predicted octanol–water partition coefficient (Wildman–Crippen LogP) is 3.72. The topological polar surface area (TPSA) is 72.2 Å². The average Bonchev–Trinajstić information content (AvgIpc) is 2.37. The van der Waals surface area contributed by atoms with Gasteiger partial charge in [-0.3, -0.25) is 0 Å². The molecule has 0 aliphatic heterocycles. The Kier molecular flexibility index (Phi) is 4.93. The smallest absolute Gasteiger partial charge is 0.242 e. The summed E-state index contributed by atoms with van der Waals surface area (Å²) >= 11 is 9.24. The third-order valence-corrected chi connectivity index (χ3v) is 5.44. The molecule has 3 N–H and O–H groups in total. The van der Waals surface area contributed by atoms with Crippen LogP contribution in [0, 0.1) is 0 Å². The van der Waals surface area contributed by atoms with Crippen LogP contribution in [-0.2, 0) is 10.0 Å². The minimum absolute atomic E-state index is 0.0446. The molecule has 0 saturated carbocycles. The fraction of sp³-hybridized carbons (Fsp3) is 0.143. The number of nitrogens with one attached hydrogen (secondary N) is 1. The van der Waals surface area contributed by atoms with E-state index in [2.05, 4.69) is 20.7 Å². The minimum atomic E-state index is -3.71. The van der Waals surface area contributed by atoms with Crippen LogP contribution in [0.3, 0.4) is 0 Å². The van der Waals surface area contributed by atoms with Crippen molar-refractivity contribution in [1.29, 1.82) is 0 Å². The molecular weight excluding hydrogens is 376 g/mol. The number of sulfonamides is 1. The second kappa shape index (κ2) is 6.36. The Morgan fingerprint density at radius 1 is 1.24 bits per heavy atom. The highest BCUT2D eigenvalue weighted by Gasteiger charge is 2.21. The van der Waals surface area contributed by atoms with Crippen LogP contribution in [0.15, 0.2) is 51.8 Å². The lowest BCUT2D eigenvalue weighted by Crippen LogP contribution is -2.27. The Balaban J connectivity index is 2.29. The van der Waals surface area contributed by atoms with E-state index in [-0.39, 0.29) is 9.92 Å². The standard InChI is InChI=1S/C14H14BrClN2O2S/c1-9(10-3-2-4-12(17)7-10)18-21(19,20)14-6-5-11(15)8-13(14)16/h2-9,18H,17H2,1H3. The largest absolute Gasteiger partial charge is 0.399 e. The van der Waals surface area contributed by atoms with Gasteiger partial charge in [-0.1, -0.05) is 39.7 Å². The van der Waals surface area contributed by atoms with Gasteiger partial charge in [0.2, 0.25) is 10.0 Å². The molecule has 1 atom stereocenters. The molecule has 112 valence electrons. The van der Waals surface area contributed by atoms with Gasteiger partial charge in [0.15, 0.2) is 0 Å². The summed E-state index contributed by atoms with van der Waals surface area (Å²) in [5, 5.41) is 0.164. The van der Waals surface area contributed by atoms with Gasteiger partial charge in [0.05, 0.1) is 5.02 Å². The molecule has 2 rings (SSSR count). The highest BCUT2D eigenvalue weighted by molar-refractivity contribution is 9.10. The number of anilines is 1. The van der Waals surface area contributed by atoms with Crippen LogP contribution in [-0.4, -0.2) is 8.42 Å². The maximum absolute atomic E-state index is 12.4. The summed E-state index contributed by atoms with van der Waals surface area (Å²) in [5.74, 6) is 0. The van der Waals surface area contributed by atoms with E-state index in [1.165, 1.54) is 6.07 Å². The van der Waals surface area contributed by atoms with Gasteiger partial charge in [0.25, 0.3) is 0 Å². The Morgan fingerprint density at radius 2 is 1.95 bits per heavy atom. The molecule has 0 heterocycles. The van der Waals surface area contributed by atoms with E-state index in [1.807, 2.05) is 6.07 Å². The van der Waals surface area contributed by atoms with Crippen molar-refractivity contribution in [2.75, 3.05) is 5.73 Å². The quantitative estimate of drug-likeness (QED) is 0.783. The number of benzene rings is 2. The van der Waals surface area contributed by atoms with Gasteiger partial charge in [0.1, 0.15) is 4.90 Å². The van der Waals surface area contributed by atoms with Crippen molar-refractivity contribution in [3.8, 4) is 0 Å². The summed E-state index contributed by atoms with van der Waals surface area (Å²) in [6.45, 7) is 1.75. The lowest BCUT2D eigenvalue weighted by molar-refractivity contribution is 0.567. The lowest BCUT2D eigenvalue weighted by Gasteiger charge is -2.16. The number of hydrogen-bond donors (Lipinski definition) is 2. The second-order valence-electron chi connectivity index (χ2n) is 4.59. The maximum atomic E-state index is 12.4. The molecule has 0 bridgehead atoms. The van der Waals surface area contributed by atoms with E-state index in [0.29, 0.717) is 5.69 Å². The van der Waals surface area contributed by atoms with Crippen LogP contribution in [0.2, 0.25) is 5.02 Å². The third-order valence-electron chi connectivity index (χ3n) is 2.93. The van der Waals surface area contributed by atoms with Crippen LogP contribution in [0.4, 0.5) is 5.69 Å². The average molecular weight is 390 g/mol. The molecule has 0 fully saturated rings. The molecule has 0 amide bonds. The van der Waals surface area contributed by atoms with E-state index in [9.17, 15) is 8.42 Å². The SMILES string of the molecule is CC(NS(=O)(=O)c1ccc(Br)cc1Cl)c1cccc(N)c1. The molecule has 7 heteroatoms. The molecule has 0 radical (unpaired) electrons. The summed E-state index contributed by atoms with van der Waals surface area (Å²) in [5.41, 5.74) is 7.08. The number of rotatable bonds is 4. The van der Waals surface area contributed by atoms with Crippen molar-refractivity contribution in [3.63, 3.8) is 0 Å². The highest BCUT2D eigenvalue weighted by atomic mass is 79.9. The molecule has 0 aliphatic carbocycles. The van der Waals surface area contributed by atoms with Gasteiger partial charge in [-0.05, 0) is 42.8 Å². The summed E-state index contributed by atoms with van der Waals surface area (Å²) in [6.07, 6.45) is 0. The van der Waals surface area contributed by atoms with Crippen molar-refractivity contribution < 1.29 is 8.42 Å². The molecule has 0 saturated heterocycles. The highest BCUT2D eigenvalue weighted by Crippen LogP contribution is 2.26. The van der Waals surface area contributed by atoms with E-state index in [0.717, 1.165) is 10.0 Å². The molecule has 2 aromatic carbocycles. The van der Waals surface area contributed by atoms with E-state index in [4.69, 9.17) is 17.3 Å². The normalized spacial score (nSPS) is 13.1. The van der Waals surface area contributed by atoms with Crippen molar-refractivity contribution in [3.05, 3.63) is 57.5 Å². The predicted molar refractivity (Wildman–Crippen MR) is 88.7 cm³/mol. The molecule has 1 unspecified atom stereocenters. The first kappa shape index (κ1) is 16.3. The number of nitrogen functional groups attached to an aromatic ring is 1. The monoisotopic (exact) mass is 388 g/mol. The van der Waals surface area contributed by atoms with Crippen LogP contribution in [0.25, 0.3) is 0 Å². The van der Waals surface area contributed by atoms with Gasteiger partial charge in [-0.15, -0.1) is 0 Å². The van der Waals surface area contributed by atoms with E-state index in [1.54, 1.807) is 37.3 Å². The number of nitrogens with two attached hydrogens (primary N) is 1. The van der Waals surface area contributed by atoms with Gasteiger partial charge < -0.3 is 5.73 Å². The Hall–Kier alpha value is -1.08. The zero-order chi connectivity index (χ0) is 15.6. The van der Waals surface area contributed by atoms with Crippen molar-refractivity contribution in [1.82, 2.24) is 4.72 Å². The Bertz CT molecular complexity index is 765. The molecular formula is C14H14BrClN2O2S. The fourth-order valence-electron chi connectivity index (χ4n) is 1.89. The molecule has 4 nitrogen and oxygen atoms in total. The van der Waals surface area contributed by atoms with Crippen LogP contribution in [0.5, 0.6) is 0 Å². The van der Waals surface area contributed by atoms with E-state index >= 15 is 0 Å². The lowest BCUT2D eigenvalue weighted by atomic mass is 10.1. The zero-order valence-electron chi connectivity index (χ0n) is 11.2. The summed E-state index contributed by atoms with van der Waals surface area (Å²) in [4.78, 5) is 0.0446. The van der Waals surface area contributed by atoms with E-state index < -0.39 is 16.1 Å². The molecule has 0 aliphatic rings. The molecule has 0 aromatic heterocycles. The Labute approximate surface area is 137 Å². The molecule has 0 spiro atoms. The van der Waals surface area contributed by atoms with Crippen LogP contribution in [0.1, 0.15) is 18.5 Å². The van der Waals surface area contributed by atoms with Crippen molar-refractivity contribution in [2.45, 2.75) is 17.9 Å². The second-order valence-corrected chi connectivity index (χ2v) is 7.59. The first-order valence-electron chi connectivity index (χ1n) is 6.12. The van der Waals surface area contributed by atoms with Crippen LogP contribution < -0.4 is 10.5 Å². The van der Waals surface area contributed by atoms with Gasteiger partial charge in [0, 0.05) is 16.2 Å². The maximum Gasteiger partial charge on any atom is 0.242 e. The van der Waals surface area contributed by atoms with Crippen molar-refractivity contribution >= 4 is 43.2 Å². The number of halogens is 2. The summed E-state index contributed by atoms with van der Waals surface area (Å²) in [6, 6.07) is 11.3. The zero-order valence-corrected chi connectivity index (χ0v) is 14.3. The van der Waals surface area contributed by atoms with Crippen LogP contribution >= 0.6 is 27.5 Å². The van der Waals surface area contributed by atoms with Gasteiger partial charge in [-0.2, -0.15) is 0 Å². The number of hydrogen-bond acceptors (Lipinski definition) is 3. The van der Waals surface area contributed by atoms with Gasteiger partial charge >= 0.3 is 0 Å². The first-order chi connectivity index (χ1) is 9.79. The summed E-state index contributed by atoms with van der Waals surface area (Å²) in [7, 11) is -3.71. The summed E-state index contributed by atoms with van der Waals surface area (Å²) < 4.78 is 28.1. The minimum Gasteiger partial charge on any atom is -0.399 e. The third kappa shape index (κ3) is 3.97. The molecule has 21 heavy (non-hydrogen) atoms. The Morgan fingerprint density at radius 3 is 2.57 bits per heavy atom. The molecule has 2 aromatic rings. The fourth-order valence-corrected chi connectivity index (χ4v) is 4.16. The first-order valence-corrected chi connectivity index (χ1v) is 8.78. The van der Waals surface area contributed by atoms with Crippen molar-refractivity contribution in [2.24, 2.45) is 0 Å². The van der Waals surface area contributed by atoms with Gasteiger partial charge in [-0.25, -0.2) is 13.1 Å².